The summed E-state index contributed by atoms with van der Waals surface area (Å²) in [4.78, 5) is 17.7. The Kier molecular flexibility index (Phi) is 4.24. The molecule has 4 aliphatic rings. The molecule has 3 aromatic rings. The van der Waals surface area contributed by atoms with Gasteiger partial charge < -0.3 is 5.32 Å². The van der Waals surface area contributed by atoms with Crippen molar-refractivity contribution in [1.29, 1.82) is 0 Å². The normalized spacial score (nSPS) is 28.9. The SMILES string of the molecule is Cc1ccc(-c2ccnc3c2c(C)nn3CC(=O)NC23CC4CC(CC(C4)C2)C3)cc1. The summed E-state index contributed by atoms with van der Waals surface area (Å²) in [6, 6.07) is 10.6. The van der Waals surface area contributed by atoms with Crippen LogP contribution in [0.2, 0.25) is 0 Å². The van der Waals surface area contributed by atoms with E-state index in [4.69, 9.17) is 5.10 Å². The monoisotopic (exact) mass is 414 g/mol. The van der Waals surface area contributed by atoms with Crippen molar-refractivity contribution >= 4 is 16.9 Å². The van der Waals surface area contributed by atoms with Crippen molar-refractivity contribution in [2.75, 3.05) is 0 Å². The molecule has 0 atom stereocenters. The highest BCUT2D eigenvalue weighted by Crippen LogP contribution is 2.55. The van der Waals surface area contributed by atoms with Gasteiger partial charge in [0, 0.05) is 17.1 Å². The fourth-order valence-corrected chi connectivity index (χ4v) is 7.10. The molecule has 31 heavy (non-hydrogen) atoms. The van der Waals surface area contributed by atoms with Crippen LogP contribution in [0.25, 0.3) is 22.2 Å². The van der Waals surface area contributed by atoms with Gasteiger partial charge in [-0.05, 0) is 87.3 Å². The minimum absolute atomic E-state index is 0.0321. The summed E-state index contributed by atoms with van der Waals surface area (Å²) >= 11 is 0. The van der Waals surface area contributed by atoms with E-state index in [0.29, 0.717) is 0 Å². The highest BCUT2D eigenvalue weighted by atomic mass is 16.2. The standard InChI is InChI=1S/C26H30N4O/c1-16-3-5-21(6-4-16)22-7-8-27-25-24(22)17(2)29-30(25)15-23(31)28-26-12-18-9-19(13-26)11-20(10-18)14-26/h3-8,18-20H,9-15H2,1-2H3,(H,28,31). The van der Waals surface area contributed by atoms with E-state index in [1.807, 2.05) is 19.2 Å². The Hall–Kier alpha value is -2.69. The van der Waals surface area contributed by atoms with Gasteiger partial charge in [-0.25, -0.2) is 9.67 Å². The van der Waals surface area contributed by atoms with Crippen LogP contribution in [-0.2, 0) is 11.3 Å². The lowest BCUT2D eigenvalue weighted by Gasteiger charge is -2.56. The van der Waals surface area contributed by atoms with Gasteiger partial charge in [0.05, 0.1) is 5.69 Å². The van der Waals surface area contributed by atoms with Gasteiger partial charge in [0.15, 0.2) is 5.65 Å². The van der Waals surface area contributed by atoms with Crippen molar-refractivity contribution in [3.8, 4) is 11.1 Å². The van der Waals surface area contributed by atoms with E-state index in [2.05, 4.69) is 41.5 Å². The Labute approximate surface area is 183 Å². The van der Waals surface area contributed by atoms with E-state index in [1.165, 1.54) is 44.1 Å². The Morgan fingerprint density at radius 2 is 1.68 bits per heavy atom. The predicted octanol–water partition coefficient (Wildman–Crippen LogP) is 4.80. The second kappa shape index (κ2) is 6.91. The van der Waals surface area contributed by atoms with Crippen LogP contribution in [0, 0.1) is 31.6 Å². The summed E-state index contributed by atoms with van der Waals surface area (Å²) in [5, 5.41) is 9.23. The molecular formula is C26H30N4O. The lowest BCUT2D eigenvalue weighted by atomic mass is 9.53. The molecule has 4 fully saturated rings. The van der Waals surface area contributed by atoms with Gasteiger partial charge in [0.25, 0.3) is 0 Å². The molecule has 1 N–H and O–H groups in total. The first-order valence-electron chi connectivity index (χ1n) is 11.7. The Balaban J connectivity index is 1.28. The highest BCUT2D eigenvalue weighted by Gasteiger charge is 2.51. The number of hydrogen-bond donors (Lipinski definition) is 1. The average Bonchev–Trinajstić information content (AvgIpc) is 3.02. The van der Waals surface area contributed by atoms with Crippen molar-refractivity contribution in [2.24, 2.45) is 17.8 Å². The summed E-state index contributed by atoms with van der Waals surface area (Å²) in [6.07, 6.45) is 9.46. The third-order valence-electron chi connectivity index (χ3n) is 7.91. The number of pyridine rings is 1. The molecule has 2 heterocycles. The number of hydrogen-bond acceptors (Lipinski definition) is 3. The largest absolute Gasteiger partial charge is 0.349 e. The number of nitrogens with one attached hydrogen (secondary N) is 1. The predicted molar refractivity (Wildman–Crippen MR) is 121 cm³/mol. The van der Waals surface area contributed by atoms with E-state index < -0.39 is 0 Å². The number of carbonyl (C=O) groups is 1. The first-order chi connectivity index (χ1) is 15.0. The number of aryl methyl sites for hydroxylation is 2. The number of carbonyl (C=O) groups excluding carboxylic acids is 1. The summed E-state index contributed by atoms with van der Waals surface area (Å²) in [6.45, 7) is 4.34. The molecule has 4 saturated carbocycles. The maximum atomic E-state index is 13.1. The molecule has 5 nitrogen and oxygen atoms in total. The molecule has 2 aromatic heterocycles. The first-order valence-corrected chi connectivity index (χ1v) is 11.7. The second-order valence-electron chi connectivity index (χ2n) is 10.4. The molecule has 4 bridgehead atoms. The van der Waals surface area contributed by atoms with Crippen LogP contribution in [0.3, 0.4) is 0 Å². The number of nitrogens with zero attached hydrogens (tertiary/aromatic N) is 3. The zero-order chi connectivity index (χ0) is 21.2. The summed E-state index contributed by atoms with van der Waals surface area (Å²) in [7, 11) is 0. The van der Waals surface area contributed by atoms with E-state index in [-0.39, 0.29) is 18.0 Å². The molecule has 4 aliphatic carbocycles. The number of rotatable bonds is 4. The van der Waals surface area contributed by atoms with Crippen LogP contribution in [0.5, 0.6) is 0 Å². The summed E-state index contributed by atoms with van der Waals surface area (Å²) in [5.74, 6) is 2.53. The van der Waals surface area contributed by atoms with Gasteiger partial charge in [0.1, 0.15) is 6.54 Å². The van der Waals surface area contributed by atoms with Crippen LogP contribution in [0.15, 0.2) is 36.5 Å². The molecule has 5 heteroatoms. The lowest BCUT2D eigenvalue weighted by molar-refractivity contribution is -0.127. The van der Waals surface area contributed by atoms with Crippen molar-refractivity contribution in [2.45, 2.75) is 64.5 Å². The molecule has 7 rings (SSSR count). The minimum Gasteiger partial charge on any atom is -0.349 e. The van der Waals surface area contributed by atoms with Crippen LogP contribution in [-0.4, -0.2) is 26.2 Å². The van der Waals surface area contributed by atoms with Crippen LogP contribution in [0.4, 0.5) is 0 Å². The molecule has 0 saturated heterocycles. The quantitative estimate of drug-likeness (QED) is 0.667. The second-order valence-corrected chi connectivity index (χ2v) is 10.4. The van der Waals surface area contributed by atoms with Crippen molar-refractivity contribution in [3.63, 3.8) is 0 Å². The molecule has 0 unspecified atom stereocenters. The maximum absolute atomic E-state index is 13.1. The van der Waals surface area contributed by atoms with Gasteiger partial charge in [0.2, 0.25) is 5.91 Å². The number of aromatic nitrogens is 3. The zero-order valence-electron chi connectivity index (χ0n) is 18.4. The Morgan fingerprint density at radius 3 is 2.32 bits per heavy atom. The van der Waals surface area contributed by atoms with Crippen molar-refractivity contribution in [1.82, 2.24) is 20.1 Å². The molecule has 160 valence electrons. The third kappa shape index (κ3) is 3.26. The Morgan fingerprint density at radius 1 is 1.03 bits per heavy atom. The summed E-state index contributed by atoms with van der Waals surface area (Å²) in [5.41, 5.74) is 5.25. The molecule has 0 spiro atoms. The molecular weight excluding hydrogens is 384 g/mol. The molecule has 1 aromatic carbocycles. The Bertz CT molecular complexity index is 1120. The topological polar surface area (TPSA) is 59.8 Å². The van der Waals surface area contributed by atoms with Crippen LogP contribution in [0.1, 0.15) is 49.8 Å². The van der Waals surface area contributed by atoms with E-state index in [1.54, 1.807) is 4.68 Å². The minimum atomic E-state index is 0.0321. The smallest absolute Gasteiger partial charge is 0.242 e. The number of benzene rings is 1. The van der Waals surface area contributed by atoms with Crippen molar-refractivity contribution in [3.05, 3.63) is 47.8 Å². The number of amides is 1. The summed E-state index contributed by atoms with van der Waals surface area (Å²) < 4.78 is 1.79. The van der Waals surface area contributed by atoms with Gasteiger partial charge in [-0.1, -0.05) is 29.8 Å². The van der Waals surface area contributed by atoms with E-state index in [9.17, 15) is 4.79 Å². The molecule has 0 radical (unpaired) electrons. The lowest BCUT2D eigenvalue weighted by Crippen LogP contribution is -2.60. The maximum Gasteiger partial charge on any atom is 0.242 e. The van der Waals surface area contributed by atoms with Gasteiger partial charge >= 0.3 is 0 Å². The average molecular weight is 415 g/mol. The molecule has 1 amide bonds. The third-order valence-corrected chi connectivity index (χ3v) is 7.91. The van der Waals surface area contributed by atoms with Crippen molar-refractivity contribution < 1.29 is 4.79 Å². The first kappa shape index (κ1) is 19.0. The fraction of sp³-hybridized carbons (Fsp3) is 0.500. The van der Waals surface area contributed by atoms with E-state index in [0.717, 1.165) is 45.6 Å². The number of fused-ring (bicyclic) bond motifs is 1. The van der Waals surface area contributed by atoms with Crippen LogP contribution < -0.4 is 5.32 Å². The molecule has 0 aliphatic heterocycles. The van der Waals surface area contributed by atoms with Gasteiger partial charge in [-0.15, -0.1) is 0 Å². The van der Waals surface area contributed by atoms with Crippen LogP contribution >= 0.6 is 0 Å². The van der Waals surface area contributed by atoms with E-state index >= 15 is 0 Å². The fourth-order valence-electron chi connectivity index (χ4n) is 7.10. The van der Waals surface area contributed by atoms with Gasteiger partial charge in [-0.2, -0.15) is 5.10 Å². The highest BCUT2D eigenvalue weighted by molar-refractivity contribution is 5.95. The van der Waals surface area contributed by atoms with Gasteiger partial charge in [-0.3, -0.25) is 4.79 Å². The zero-order valence-corrected chi connectivity index (χ0v) is 18.4.